The third kappa shape index (κ3) is 24.3. The second-order valence-electron chi connectivity index (χ2n) is 35.0. The molecule has 0 spiro atoms. The fourth-order valence-electron chi connectivity index (χ4n) is 12.5. The Kier molecular flexibility index (Phi) is 27.0. The molecule has 0 unspecified atom stereocenters. The summed E-state index contributed by atoms with van der Waals surface area (Å²) < 4.78 is 23.9. The quantitative estimate of drug-likeness (QED) is 0.0240. The van der Waals surface area contributed by atoms with Crippen molar-refractivity contribution >= 4 is 23.9 Å². The SMILES string of the molecule is CC(C)(C)c1cc(CCC(=O)OCCCC(CCCOC(=O)CCc2cc(C(C)(C)C)c(O)c(C(C)(C)C)c2)(CCCOC(=O)CCc2cc(C(C)(C)C)c(O)c(C(C)(C)C)c2)CCCOC(=O)CCc2cc(C(C)(C)C)c(O)c(C(C)(C)C)c2)cc(C(C)(C)C)c1O. The van der Waals surface area contributed by atoms with Crippen molar-refractivity contribution in [1.29, 1.82) is 0 Å². The number of carbonyl (C=O) groups is 4. The summed E-state index contributed by atoms with van der Waals surface area (Å²) in [7, 11) is 0. The molecule has 0 aliphatic rings. The second-order valence-corrected chi connectivity index (χ2v) is 35.0. The van der Waals surface area contributed by atoms with Crippen molar-refractivity contribution < 1.29 is 58.6 Å². The molecule has 520 valence electrons. The van der Waals surface area contributed by atoms with Crippen LogP contribution in [-0.2, 0) is 107 Å². The number of esters is 4. The molecule has 0 amide bonds. The lowest BCUT2D eigenvalue weighted by atomic mass is 9.72. The van der Waals surface area contributed by atoms with Crippen molar-refractivity contribution in [2.75, 3.05) is 26.4 Å². The van der Waals surface area contributed by atoms with E-state index in [-0.39, 0.29) is 119 Å². The van der Waals surface area contributed by atoms with Gasteiger partial charge >= 0.3 is 23.9 Å². The van der Waals surface area contributed by atoms with Gasteiger partial charge in [-0.15, -0.1) is 0 Å². The first kappa shape index (κ1) is 79.4. The minimum Gasteiger partial charge on any atom is -0.507 e. The van der Waals surface area contributed by atoms with Gasteiger partial charge in [0.25, 0.3) is 0 Å². The lowest BCUT2D eigenvalue weighted by Crippen LogP contribution is -2.25. The summed E-state index contributed by atoms with van der Waals surface area (Å²) in [6.07, 6.45) is 7.11. The summed E-state index contributed by atoms with van der Waals surface area (Å²) in [5.41, 5.74) is 7.59. The summed E-state index contributed by atoms with van der Waals surface area (Å²) in [5.74, 6) is -0.118. The maximum Gasteiger partial charge on any atom is 0.306 e. The Morgan fingerprint density at radius 3 is 0.538 bits per heavy atom. The van der Waals surface area contributed by atoms with E-state index in [1.807, 2.05) is 48.5 Å². The van der Waals surface area contributed by atoms with Crippen LogP contribution in [0.25, 0.3) is 0 Å². The molecule has 0 saturated heterocycles. The molecule has 0 radical (unpaired) electrons. The van der Waals surface area contributed by atoms with Crippen LogP contribution in [0.3, 0.4) is 0 Å². The van der Waals surface area contributed by atoms with Crippen LogP contribution in [-0.4, -0.2) is 70.7 Å². The highest BCUT2D eigenvalue weighted by Crippen LogP contribution is 2.45. The van der Waals surface area contributed by atoms with E-state index in [1.165, 1.54) is 0 Å². The molecule has 0 bridgehead atoms. The largest absolute Gasteiger partial charge is 0.507 e. The molecular formula is C81H124O12. The highest BCUT2D eigenvalue weighted by atomic mass is 16.5. The molecule has 4 aromatic carbocycles. The number of benzene rings is 4. The van der Waals surface area contributed by atoms with E-state index in [2.05, 4.69) is 166 Å². The number of hydrogen-bond acceptors (Lipinski definition) is 12. The fourth-order valence-corrected chi connectivity index (χ4v) is 12.5. The third-order valence-electron chi connectivity index (χ3n) is 18.1. The Labute approximate surface area is 562 Å². The minimum absolute atomic E-state index is 0.165. The second kappa shape index (κ2) is 31.7. The predicted molar refractivity (Wildman–Crippen MR) is 379 cm³/mol. The van der Waals surface area contributed by atoms with E-state index in [1.54, 1.807) is 0 Å². The van der Waals surface area contributed by atoms with Gasteiger partial charge < -0.3 is 39.4 Å². The molecule has 4 N–H and O–H groups in total. The van der Waals surface area contributed by atoms with Gasteiger partial charge in [0.15, 0.2) is 0 Å². The molecule has 4 aromatic rings. The van der Waals surface area contributed by atoms with E-state index >= 15 is 0 Å². The molecular weight excluding hydrogens is 1160 g/mol. The zero-order valence-corrected chi connectivity index (χ0v) is 62.3. The van der Waals surface area contributed by atoms with Crippen LogP contribution < -0.4 is 0 Å². The number of aryl methyl sites for hydroxylation is 4. The Hall–Kier alpha value is -6.04. The van der Waals surface area contributed by atoms with Gasteiger partial charge in [-0.25, -0.2) is 0 Å². The summed E-state index contributed by atoms with van der Waals surface area (Å²) in [6, 6.07) is 16.0. The normalized spacial score (nSPS) is 13.1. The topological polar surface area (TPSA) is 186 Å². The number of rotatable bonds is 28. The van der Waals surface area contributed by atoms with Gasteiger partial charge in [-0.1, -0.05) is 215 Å². The van der Waals surface area contributed by atoms with Crippen LogP contribution in [0.4, 0.5) is 0 Å². The first-order chi connectivity index (χ1) is 42.4. The number of hydrogen-bond donors (Lipinski definition) is 4. The molecule has 0 aliphatic heterocycles. The van der Waals surface area contributed by atoms with Crippen molar-refractivity contribution in [3.05, 3.63) is 115 Å². The molecule has 0 heterocycles. The minimum atomic E-state index is -0.424. The zero-order chi connectivity index (χ0) is 70.7. The number of phenols is 4. The van der Waals surface area contributed by atoms with Crippen molar-refractivity contribution in [1.82, 2.24) is 0 Å². The Morgan fingerprint density at radius 2 is 0.409 bits per heavy atom. The third-order valence-corrected chi connectivity index (χ3v) is 18.1. The van der Waals surface area contributed by atoms with Crippen LogP contribution in [0.1, 0.15) is 310 Å². The summed E-state index contributed by atoms with van der Waals surface area (Å²) in [5, 5.41) is 45.4. The predicted octanol–water partition coefficient (Wildman–Crippen LogP) is 19.0. The van der Waals surface area contributed by atoms with Gasteiger partial charge in [-0.2, -0.15) is 0 Å². The van der Waals surface area contributed by atoms with Gasteiger partial charge in [0, 0.05) is 25.7 Å². The Morgan fingerprint density at radius 1 is 0.269 bits per heavy atom. The standard InChI is InChI=1S/C81H124O12/c1-73(2,3)57-45-53(46-58(69(57)86)74(4,5)6)29-33-65(82)90-41-25-37-81(38-26-42-91-66(83)34-30-54-47-59(75(7,8)9)70(87)60(48-54)76(10,11)12,39-27-43-92-67(84)35-31-55-49-61(77(13,14)15)71(88)62(50-55)78(16,17)18)40-28-44-93-68(85)36-32-56-51-63(79(19,20)21)72(89)64(52-56)80(22,23)24/h45-52,86-89H,25-44H2,1-24H3. The van der Waals surface area contributed by atoms with E-state index in [4.69, 9.17) is 18.9 Å². The Balaban J connectivity index is 1.59. The van der Waals surface area contributed by atoms with Crippen LogP contribution in [0.5, 0.6) is 23.0 Å². The van der Waals surface area contributed by atoms with Crippen LogP contribution in [0.2, 0.25) is 0 Å². The van der Waals surface area contributed by atoms with Gasteiger partial charge in [0.1, 0.15) is 23.0 Å². The maximum absolute atomic E-state index is 13.6. The molecule has 0 aliphatic carbocycles. The van der Waals surface area contributed by atoms with Crippen LogP contribution in [0, 0.1) is 5.41 Å². The molecule has 12 nitrogen and oxygen atoms in total. The first-order valence-electron chi connectivity index (χ1n) is 34.5. The fraction of sp³-hybridized carbons (Fsp3) is 0.654. The number of ether oxygens (including phenoxy) is 4. The molecule has 0 aromatic heterocycles. The van der Waals surface area contributed by atoms with E-state index in [0.29, 0.717) is 100 Å². The van der Waals surface area contributed by atoms with Crippen molar-refractivity contribution in [2.45, 2.75) is 312 Å². The molecule has 0 saturated carbocycles. The van der Waals surface area contributed by atoms with Gasteiger partial charge in [-0.05, 0) is 193 Å². The van der Waals surface area contributed by atoms with Gasteiger partial charge in [-0.3, -0.25) is 19.2 Å². The monoisotopic (exact) mass is 1290 g/mol. The lowest BCUT2D eigenvalue weighted by molar-refractivity contribution is -0.144. The Bertz CT molecular complexity index is 2610. The molecule has 0 fully saturated rings. The lowest BCUT2D eigenvalue weighted by Gasteiger charge is -2.35. The summed E-state index contributed by atoms with van der Waals surface area (Å²) >= 11 is 0. The van der Waals surface area contributed by atoms with Crippen molar-refractivity contribution in [3.63, 3.8) is 0 Å². The van der Waals surface area contributed by atoms with Gasteiger partial charge in [0.2, 0.25) is 0 Å². The molecule has 4 rings (SSSR count). The van der Waals surface area contributed by atoms with Gasteiger partial charge in [0.05, 0.1) is 26.4 Å². The highest BCUT2D eigenvalue weighted by Gasteiger charge is 2.33. The number of phenolic OH excluding ortho intramolecular Hbond substituents is 4. The maximum atomic E-state index is 13.6. The summed E-state index contributed by atoms with van der Waals surface area (Å²) in [6.45, 7) is 50.4. The van der Waals surface area contributed by atoms with Crippen LogP contribution >= 0.6 is 0 Å². The highest BCUT2D eigenvalue weighted by molar-refractivity contribution is 5.71. The zero-order valence-electron chi connectivity index (χ0n) is 62.3. The smallest absolute Gasteiger partial charge is 0.306 e. The molecule has 0 atom stereocenters. The van der Waals surface area contributed by atoms with Crippen molar-refractivity contribution in [3.8, 4) is 23.0 Å². The number of carbonyl (C=O) groups excluding carboxylic acids is 4. The number of aromatic hydroxyl groups is 4. The average Bonchev–Trinajstić information content (AvgIpc) is 0.841. The molecule has 12 heteroatoms. The summed E-state index contributed by atoms with van der Waals surface area (Å²) in [4.78, 5) is 54.3. The average molecular weight is 1290 g/mol. The van der Waals surface area contributed by atoms with Crippen LogP contribution in [0.15, 0.2) is 48.5 Å². The van der Waals surface area contributed by atoms with E-state index in [0.717, 1.165) is 66.8 Å². The van der Waals surface area contributed by atoms with E-state index < -0.39 is 5.41 Å². The first-order valence-corrected chi connectivity index (χ1v) is 34.5. The van der Waals surface area contributed by atoms with Crippen molar-refractivity contribution in [2.24, 2.45) is 5.41 Å². The molecule has 93 heavy (non-hydrogen) atoms. The van der Waals surface area contributed by atoms with E-state index in [9.17, 15) is 39.6 Å².